The van der Waals surface area contributed by atoms with Crippen LogP contribution < -0.4 is 10.6 Å². The predicted molar refractivity (Wildman–Crippen MR) is 108 cm³/mol. The Bertz CT molecular complexity index is 843. The van der Waals surface area contributed by atoms with Gasteiger partial charge in [-0.3, -0.25) is 9.59 Å². The molecular weight excluding hydrogens is 336 g/mol. The summed E-state index contributed by atoms with van der Waals surface area (Å²) >= 11 is 0. The molecule has 0 bridgehead atoms. The van der Waals surface area contributed by atoms with Gasteiger partial charge in [-0.2, -0.15) is 0 Å². The van der Waals surface area contributed by atoms with Crippen LogP contribution in [0.1, 0.15) is 50.3 Å². The Morgan fingerprint density at radius 3 is 2.15 bits per heavy atom. The summed E-state index contributed by atoms with van der Waals surface area (Å²) in [6.45, 7) is 8.92. The van der Waals surface area contributed by atoms with Gasteiger partial charge in [-0.25, -0.2) is 0 Å². The Morgan fingerprint density at radius 1 is 0.963 bits per heavy atom. The number of nitrogens with one attached hydrogen (secondary N) is 2. The lowest BCUT2D eigenvalue weighted by molar-refractivity contribution is -0.134. The topological polar surface area (TPSA) is 58.2 Å². The number of carbonyl (C=O) groups is 2. The van der Waals surface area contributed by atoms with E-state index in [0.29, 0.717) is 19.4 Å². The van der Waals surface area contributed by atoms with Gasteiger partial charge in [-0.1, -0.05) is 57.2 Å². The van der Waals surface area contributed by atoms with Crippen molar-refractivity contribution in [3.63, 3.8) is 0 Å². The van der Waals surface area contributed by atoms with Gasteiger partial charge in [0.05, 0.1) is 0 Å². The standard InChI is InChI=1S/C23H28N2O2/c1-16-7-5-6-8-17(16)15-24-20(26)23(13-14-23)21(27)25-19-11-9-18(10-12-19)22(2,3)4/h5-12H,13-15H2,1-4H3,(H,24,26)(H,25,27). The molecular formula is C23H28N2O2. The van der Waals surface area contributed by atoms with Crippen LogP contribution >= 0.6 is 0 Å². The van der Waals surface area contributed by atoms with Crippen LogP contribution in [0.4, 0.5) is 5.69 Å². The number of benzene rings is 2. The lowest BCUT2D eigenvalue weighted by Gasteiger charge is -2.20. The predicted octanol–water partition coefficient (Wildman–Crippen LogP) is 4.33. The molecule has 27 heavy (non-hydrogen) atoms. The van der Waals surface area contributed by atoms with E-state index in [0.717, 1.165) is 16.8 Å². The molecule has 1 aliphatic rings. The molecule has 3 rings (SSSR count). The molecule has 0 atom stereocenters. The lowest BCUT2D eigenvalue weighted by atomic mass is 9.87. The molecule has 0 saturated heterocycles. The Kier molecular flexibility index (Phi) is 5.09. The Labute approximate surface area is 161 Å². The lowest BCUT2D eigenvalue weighted by Crippen LogP contribution is -2.39. The molecule has 0 aliphatic heterocycles. The first-order valence-corrected chi connectivity index (χ1v) is 9.47. The smallest absolute Gasteiger partial charge is 0.240 e. The van der Waals surface area contributed by atoms with Crippen molar-refractivity contribution in [2.75, 3.05) is 5.32 Å². The van der Waals surface area contributed by atoms with Crippen LogP contribution in [0.15, 0.2) is 48.5 Å². The van der Waals surface area contributed by atoms with Gasteiger partial charge in [0.1, 0.15) is 5.41 Å². The zero-order chi connectivity index (χ0) is 19.7. The van der Waals surface area contributed by atoms with Crippen LogP contribution in [-0.2, 0) is 21.5 Å². The van der Waals surface area contributed by atoms with Gasteiger partial charge in [0, 0.05) is 12.2 Å². The highest BCUT2D eigenvalue weighted by molar-refractivity contribution is 6.13. The minimum absolute atomic E-state index is 0.0652. The molecule has 0 spiro atoms. The molecule has 0 aromatic heterocycles. The Hall–Kier alpha value is -2.62. The molecule has 0 heterocycles. The van der Waals surface area contributed by atoms with E-state index < -0.39 is 5.41 Å². The highest BCUT2D eigenvalue weighted by Gasteiger charge is 2.56. The average Bonchev–Trinajstić information content (AvgIpc) is 3.42. The van der Waals surface area contributed by atoms with E-state index >= 15 is 0 Å². The van der Waals surface area contributed by atoms with Gasteiger partial charge >= 0.3 is 0 Å². The van der Waals surface area contributed by atoms with E-state index in [9.17, 15) is 9.59 Å². The highest BCUT2D eigenvalue weighted by Crippen LogP contribution is 2.47. The summed E-state index contributed by atoms with van der Waals surface area (Å²) in [6, 6.07) is 15.8. The monoisotopic (exact) mass is 364 g/mol. The van der Waals surface area contributed by atoms with Crippen LogP contribution in [0.2, 0.25) is 0 Å². The number of carbonyl (C=O) groups excluding carboxylic acids is 2. The molecule has 0 unspecified atom stereocenters. The SMILES string of the molecule is Cc1ccccc1CNC(=O)C1(C(=O)Nc2ccc(C(C)(C)C)cc2)CC1. The van der Waals surface area contributed by atoms with Crippen LogP contribution in [-0.4, -0.2) is 11.8 Å². The first kappa shape index (κ1) is 19.2. The second kappa shape index (κ2) is 7.18. The van der Waals surface area contributed by atoms with E-state index in [-0.39, 0.29) is 17.2 Å². The summed E-state index contributed by atoms with van der Waals surface area (Å²) in [5, 5.41) is 5.85. The zero-order valence-corrected chi connectivity index (χ0v) is 16.6. The van der Waals surface area contributed by atoms with Crippen molar-refractivity contribution >= 4 is 17.5 Å². The average molecular weight is 364 g/mol. The Balaban J connectivity index is 1.62. The van der Waals surface area contributed by atoms with Gasteiger partial charge in [0.2, 0.25) is 11.8 Å². The number of amides is 2. The second-order valence-electron chi connectivity index (χ2n) is 8.47. The van der Waals surface area contributed by atoms with Crippen molar-refractivity contribution in [3.05, 3.63) is 65.2 Å². The molecule has 2 amide bonds. The van der Waals surface area contributed by atoms with E-state index in [1.807, 2.05) is 55.5 Å². The molecule has 1 aliphatic carbocycles. The molecule has 4 nitrogen and oxygen atoms in total. The van der Waals surface area contributed by atoms with Crippen LogP contribution in [0.5, 0.6) is 0 Å². The normalized spacial score (nSPS) is 15.1. The largest absolute Gasteiger partial charge is 0.351 e. The highest BCUT2D eigenvalue weighted by atomic mass is 16.2. The number of aryl methyl sites for hydroxylation is 1. The van der Waals surface area contributed by atoms with Crippen molar-refractivity contribution in [1.82, 2.24) is 5.32 Å². The summed E-state index contributed by atoms with van der Waals surface area (Å²) < 4.78 is 0. The first-order chi connectivity index (χ1) is 12.7. The van der Waals surface area contributed by atoms with Crippen molar-refractivity contribution in [2.45, 2.75) is 52.5 Å². The summed E-state index contributed by atoms with van der Waals surface area (Å²) in [5.41, 5.74) is 3.27. The number of hydrogen-bond donors (Lipinski definition) is 2. The minimum Gasteiger partial charge on any atom is -0.351 e. The maximum Gasteiger partial charge on any atom is 0.240 e. The van der Waals surface area contributed by atoms with E-state index in [2.05, 4.69) is 31.4 Å². The van der Waals surface area contributed by atoms with Crippen LogP contribution in [0, 0.1) is 12.3 Å². The summed E-state index contributed by atoms with van der Waals surface area (Å²) in [6.07, 6.45) is 1.19. The molecule has 4 heteroatoms. The third kappa shape index (κ3) is 4.21. The summed E-state index contributed by atoms with van der Waals surface area (Å²) in [4.78, 5) is 25.4. The van der Waals surface area contributed by atoms with Gasteiger partial charge in [0.25, 0.3) is 0 Å². The van der Waals surface area contributed by atoms with Crippen molar-refractivity contribution in [2.24, 2.45) is 5.41 Å². The number of anilines is 1. The van der Waals surface area contributed by atoms with Crippen molar-refractivity contribution < 1.29 is 9.59 Å². The Morgan fingerprint density at radius 2 is 1.59 bits per heavy atom. The maximum absolute atomic E-state index is 12.7. The van der Waals surface area contributed by atoms with Gasteiger partial charge in [0.15, 0.2) is 0 Å². The van der Waals surface area contributed by atoms with Gasteiger partial charge < -0.3 is 10.6 Å². The van der Waals surface area contributed by atoms with E-state index in [1.54, 1.807) is 0 Å². The molecule has 0 radical (unpaired) electrons. The van der Waals surface area contributed by atoms with E-state index in [1.165, 1.54) is 5.56 Å². The fourth-order valence-corrected chi connectivity index (χ4v) is 3.14. The first-order valence-electron chi connectivity index (χ1n) is 9.47. The number of hydrogen-bond acceptors (Lipinski definition) is 2. The van der Waals surface area contributed by atoms with Gasteiger partial charge in [-0.15, -0.1) is 0 Å². The summed E-state index contributed by atoms with van der Waals surface area (Å²) in [5.74, 6) is -0.400. The second-order valence-corrected chi connectivity index (χ2v) is 8.47. The molecule has 142 valence electrons. The molecule has 2 aromatic carbocycles. The van der Waals surface area contributed by atoms with Crippen LogP contribution in [0.3, 0.4) is 0 Å². The molecule has 1 fully saturated rings. The quantitative estimate of drug-likeness (QED) is 0.776. The molecule has 2 aromatic rings. The summed E-state index contributed by atoms with van der Waals surface area (Å²) in [7, 11) is 0. The van der Waals surface area contributed by atoms with Gasteiger partial charge in [-0.05, 0) is 54.0 Å². The zero-order valence-electron chi connectivity index (χ0n) is 16.6. The maximum atomic E-state index is 12.7. The van der Waals surface area contributed by atoms with Crippen molar-refractivity contribution in [3.8, 4) is 0 Å². The number of rotatable bonds is 5. The van der Waals surface area contributed by atoms with E-state index in [4.69, 9.17) is 0 Å². The third-order valence-corrected chi connectivity index (χ3v) is 5.33. The fraction of sp³-hybridized carbons (Fsp3) is 0.391. The van der Waals surface area contributed by atoms with Crippen molar-refractivity contribution in [1.29, 1.82) is 0 Å². The van der Waals surface area contributed by atoms with Crippen LogP contribution in [0.25, 0.3) is 0 Å². The molecule has 1 saturated carbocycles. The minimum atomic E-state index is -0.925. The third-order valence-electron chi connectivity index (χ3n) is 5.33. The fourth-order valence-electron chi connectivity index (χ4n) is 3.14. The molecule has 2 N–H and O–H groups in total.